The molecule has 4 rings (SSSR count). The molecule has 0 unspecified atom stereocenters. The van der Waals surface area contributed by atoms with E-state index in [1.165, 1.54) is 0 Å². The van der Waals surface area contributed by atoms with Crippen LogP contribution in [0.25, 0.3) is 10.8 Å². The maximum atomic E-state index is 12.7. The Bertz CT molecular complexity index is 1220. The number of rotatable bonds is 5. The van der Waals surface area contributed by atoms with Crippen LogP contribution in [-0.2, 0) is 16.6 Å². The van der Waals surface area contributed by atoms with Gasteiger partial charge in [0.1, 0.15) is 0 Å². The van der Waals surface area contributed by atoms with Crippen LogP contribution in [0.3, 0.4) is 0 Å². The third kappa shape index (κ3) is 3.97. The fourth-order valence-electron chi connectivity index (χ4n) is 2.86. The Morgan fingerprint density at radius 1 is 0.926 bits per heavy atom. The topological polar surface area (TPSA) is 64.0 Å². The molecule has 1 aromatic heterocycles. The first-order valence-corrected chi connectivity index (χ1v) is 10.2. The molecule has 0 atom stereocenters. The van der Waals surface area contributed by atoms with Crippen molar-refractivity contribution in [2.45, 2.75) is 11.4 Å². The molecule has 0 aliphatic rings. The first-order valence-electron chi connectivity index (χ1n) is 8.29. The lowest BCUT2D eigenvalue weighted by Gasteiger charge is -2.07. The van der Waals surface area contributed by atoms with Crippen LogP contribution in [0, 0.1) is 0 Å². The van der Waals surface area contributed by atoms with Gasteiger partial charge >= 0.3 is 0 Å². The average molecular weight is 398 g/mol. The molecule has 0 aliphatic carbocycles. The van der Waals surface area contributed by atoms with Gasteiger partial charge in [-0.05, 0) is 40.6 Å². The summed E-state index contributed by atoms with van der Waals surface area (Å²) in [5.41, 5.74) is 0.981. The van der Waals surface area contributed by atoms with Crippen molar-refractivity contribution in [3.05, 3.63) is 89.6 Å². The van der Waals surface area contributed by atoms with Crippen LogP contribution >= 0.6 is 11.6 Å². The van der Waals surface area contributed by atoms with Gasteiger partial charge < -0.3 is 0 Å². The average Bonchev–Trinajstić information content (AvgIpc) is 3.07. The number of halogens is 1. The van der Waals surface area contributed by atoms with Crippen molar-refractivity contribution in [3.63, 3.8) is 0 Å². The number of hydrogen-bond acceptors (Lipinski definition) is 3. The van der Waals surface area contributed by atoms with Gasteiger partial charge in [-0.25, -0.2) is 8.42 Å². The summed E-state index contributed by atoms with van der Waals surface area (Å²) in [5, 5.41) is 6.80. The van der Waals surface area contributed by atoms with Gasteiger partial charge in [0.05, 0.1) is 11.4 Å². The standard InChI is InChI=1S/C20H16ClN3O2S/c21-18-7-3-4-15(12-18)14-24-11-10-20(22-24)23-27(25,26)19-9-8-16-5-1-2-6-17(16)13-19/h1-13H,14H2,(H,22,23). The highest BCUT2D eigenvalue weighted by Gasteiger charge is 2.16. The molecule has 7 heteroatoms. The van der Waals surface area contributed by atoms with Gasteiger partial charge in [0.2, 0.25) is 0 Å². The van der Waals surface area contributed by atoms with Gasteiger partial charge in [-0.1, -0.05) is 54.1 Å². The highest BCUT2D eigenvalue weighted by molar-refractivity contribution is 7.92. The summed E-state index contributed by atoms with van der Waals surface area (Å²) in [7, 11) is -3.72. The molecule has 1 N–H and O–H groups in total. The van der Waals surface area contributed by atoms with Crippen molar-refractivity contribution in [2.75, 3.05) is 4.72 Å². The smallest absolute Gasteiger partial charge is 0.263 e. The van der Waals surface area contributed by atoms with Crippen LogP contribution in [0.5, 0.6) is 0 Å². The number of sulfonamides is 1. The summed E-state index contributed by atoms with van der Waals surface area (Å²) >= 11 is 5.99. The summed E-state index contributed by atoms with van der Waals surface area (Å²) in [6.45, 7) is 0.498. The van der Waals surface area contributed by atoms with Gasteiger partial charge in [0, 0.05) is 17.3 Å². The zero-order chi connectivity index (χ0) is 18.9. The van der Waals surface area contributed by atoms with Crippen LogP contribution in [0.4, 0.5) is 5.82 Å². The van der Waals surface area contributed by atoms with Crippen LogP contribution < -0.4 is 4.72 Å². The molecule has 0 spiro atoms. The van der Waals surface area contributed by atoms with Gasteiger partial charge in [-0.2, -0.15) is 5.10 Å². The lowest BCUT2D eigenvalue weighted by Crippen LogP contribution is -2.13. The number of hydrogen-bond donors (Lipinski definition) is 1. The minimum absolute atomic E-state index is 0.200. The molecule has 27 heavy (non-hydrogen) atoms. The van der Waals surface area contributed by atoms with Gasteiger partial charge in [-0.15, -0.1) is 0 Å². The monoisotopic (exact) mass is 397 g/mol. The number of anilines is 1. The highest BCUT2D eigenvalue weighted by Crippen LogP contribution is 2.21. The molecule has 0 fully saturated rings. The second-order valence-electron chi connectivity index (χ2n) is 6.14. The summed E-state index contributed by atoms with van der Waals surface area (Å²) in [4.78, 5) is 0.200. The number of benzene rings is 3. The maximum absolute atomic E-state index is 12.7. The van der Waals surface area contributed by atoms with Crippen molar-refractivity contribution in [3.8, 4) is 0 Å². The molecule has 0 saturated heterocycles. The van der Waals surface area contributed by atoms with E-state index in [0.29, 0.717) is 11.6 Å². The molecule has 0 radical (unpaired) electrons. The van der Waals surface area contributed by atoms with Crippen molar-refractivity contribution in [1.82, 2.24) is 9.78 Å². The fraction of sp³-hybridized carbons (Fsp3) is 0.0500. The Morgan fingerprint density at radius 3 is 2.56 bits per heavy atom. The quantitative estimate of drug-likeness (QED) is 0.537. The SMILES string of the molecule is O=S(=O)(Nc1ccn(Cc2cccc(Cl)c2)n1)c1ccc2ccccc2c1. The van der Waals surface area contributed by atoms with Gasteiger partial charge in [0.15, 0.2) is 5.82 Å². The van der Waals surface area contributed by atoms with E-state index in [-0.39, 0.29) is 10.7 Å². The second-order valence-corrected chi connectivity index (χ2v) is 8.26. The van der Waals surface area contributed by atoms with E-state index in [9.17, 15) is 8.42 Å². The fourth-order valence-corrected chi connectivity index (χ4v) is 4.10. The minimum atomic E-state index is -3.72. The largest absolute Gasteiger partial charge is 0.266 e. The number of nitrogens with one attached hydrogen (secondary N) is 1. The molecular weight excluding hydrogens is 382 g/mol. The van der Waals surface area contributed by atoms with E-state index in [1.54, 1.807) is 41.2 Å². The molecular formula is C20H16ClN3O2S. The van der Waals surface area contributed by atoms with E-state index in [2.05, 4.69) is 9.82 Å². The normalized spacial score (nSPS) is 11.6. The Labute approximate surface area is 162 Å². The Balaban J connectivity index is 1.55. The predicted molar refractivity (Wildman–Crippen MR) is 108 cm³/mol. The van der Waals surface area contributed by atoms with E-state index < -0.39 is 10.0 Å². The molecule has 0 saturated carbocycles. The second kappa shape index (κ2) is 7.06. The molecule has 3 aromatic carbocycles. The Kier molecular flexibility index (Phi) is 4.59. The highest BCUT2D eigenvalue weighted by atomic mass is 35.5. The van der Waals surface area contributed by atoms with Crippen molar-refractivity contribution in [1.29, 1.82) is 0 Å². The first-order chi connectivity index (χ1) is 13.0. The molecule has 4 aromatic rings. The molecule has 136 valence electrons. The van der Waals surface area contributed by atoms with Crippen molar-refractivity contribution < 1.29 is 8.42 Å². The summed E-state index contributed by atoms with van der Waals surface area (Å²) in [5.74, 6) is 0.269. The number of aromatic nitrogens is 2. The Morgan fingerprint density at radius 2 is 1.74 bits per heavy atom. The van der Waals surface area contributed by atoms with Gasteiger partial charge in [0.25, 0.3) is 10.0 Å². The number of fused-ring (bicyclic) bond motifs is 1. The Hall–Kier alpha value is -2.83. The molecule has 0 aliphatic heterocycles. The summed E-state index contributed by atoms with van der Waals surface area (Å²) < 4.78 is 29.5. The summed E-state index contributed by atoms with van der Waals surface area (Å²) in [6.07, 6.45) is 1.72. The lowest BCUT2D eigenvalue weighted by atomic mass is 10.1. The maximum Gasteiger partial charge on any atom is 0.263 e. The van der Waals surface area contributed by atoms with Crippen molar-refractivity contribution >= 4 is 38.2 Å². The van der Waals surface area contributed by atoms with E-state index >= 15 is 0 Å². The molecule has 0 bridgehead atoms. The first kappa shape index (κ1) is 17.6. The number of nitrogens with zero attached hydrogens (tertiary/aromatic N) is 2. The third-order valence-electron chi connectivity index (χ3n) is 4.14. The molecule has 5 nitrogen and oxygen atoms in total. The van der Waals surface area contributed by atoms with Crippen LogP contribution in [0.1, 0.15) is 5.56 Å². The van der Waals surface area contributed by atoms with E-state index in [4.69, 9.17) is 11.6 Å². The third-order valence-corrected chi connectivity index (χ3v) is 5.73. The lowest BCUT2D eigenvalue weighted by molar-refractivity contribution is 0.600. The van der Waals surface area contributed by atoms with Crippen LogP contribution in [0.2, 0.25) is 5.02 Å². The molecule has 1 heterocycles. The van der Waals surface area contributed by atoms with Crippen LogP contribution in [-0.4, -0.2) is 18.2 Å². The zero-order valence-corrected chi connectivity index (χ0v) is 15.8. The minimum Gasteiger partial charge on any atom is -0.266 e. The predicted octanol–water partition coefficient (Wildman–Crippen LogP) is 4.54. The van der Waals surface area contributed by atoms with Gasteiger partial charge in [-0.3, -0.25) is 9.40 Å². The molecule has 0 amide bonds. The van der Waals surface area contributed by atoms with Crippen LogP contribution in [0.15, 0.2) is 83.9 Å². The van der Waals surface area contributed by atoms with E-state index in [1.807, 2.05) is 42.5 Å². The van der Waals surface area contributed by atoms with Crippen molar-refractivity contribution in [2.24, 2.45) is 0 Å². The zero-order valence-electron chi connectivity index (χ0n) is 14.2. The summed E-state index contributed by atoms with van der Waals surface area (Å²) in [6, 6.07) is 21.7. The van der Waals surface area contributed by atoms with E-state index in [0.717, 1.165) is 16.3 Å².